The quantitative estimate of drug-likeness (QED) is 0.199. The molecule has 0 bridgehead atoms. The summed E-state index contributed by atoms with van der Waals surface area (Å²) in [6, 6.07) is 62.8. The Morgan fingerprint density at radius 2 is 0.826 bits per heavy atom. The van der Waals surface area contributed by atoms with Crippen molar-refractivity contribution in [3.05, 3.63) is 176 Å². The summed E-state index contributed by atoms with van der Waals surface area (Å²) in [6.45, 7) is 0. The van der Waals surface area contributed by atoms with Gasteiger partial charge in [0.1, 0.15) is 11.2 Å². The lowest BCUT2D eigenvalue weighted by atomic mass is 10.00. The van der Waals surface area contributed by atoms with E-state index in [1.165, 1.54) is 43.8 Å². The number of benzene rings is 8. The molecule has 0 saturated carbocycles. The first kappa shape index (κ1) is 26.3. The van der Waals surface area contributed by atoms with Crippen molar-refractivity contribution in [3.63, 3.8) is 0 Å². The number of rotatable bonds is 5. The fourth-order valence-corrected chi connectivity index (χ4v) is 6.71. The van der Waals surface area contributed by atoms with Crippen molar-refractivity contribution in [2.45, 2.75) is 0 Å². The van der Waals surface area contributed by atoms with E-state index in [2.05, 4.69) is 169 Å². The predicted molar refractivity (Wildman–Crippen MR) is 194 cm³/mol. The Labute approximate surface area is 267 Å². The molecule has 0 amide bonds. The average Bonchev–Trinajstić information content (AvgIpc) is 3.51. The Kier molecular flexibility index (Phi) is 6.17. The van der Waals surface area contributed by atoms with E-state index in [1.54, 1.807) is 0 Å². The maximum Gasteiger partial charge on any atom is 0.137 e. The van der Waals surface area contributed by atoms with Gasteiger partial charge in [0.15, 0.2) is 0 Å². The van der Waals surface area contributed by atoms with Crippen LogP contribution in [-0.2, 0) is 0 Å². The smallest absolute Gasteiger partial charge is 0.137 e. The summed E-state index contributed by atoms with van der Waals surface area (Å²) in [4.78, 5) is 2.35. The standard InChI is InChI=1S/C44H29NO/c1-3-10-34-28-36(18-16-30(34)8-1)32-20-24-38(25-21-32)45(41-13-7-15-43-44(41)40-12-5-6-14-42(40)46-43)39-26-22-33(23-27-39)37-19-17-31-9-2-4-11-35(31)29-37/h1-29H. The molecule has 0 radical (unpaired) electrons. The first-order valence-electron chi connectivity index (χ1n) is 15.7. The lowest BCUT2D eigenvalue weighted by Gasteiger charge is -2.26. The van der Waals surface area contributed by atoms with Crippen LogP contribution in [0.2, 0.25) is 0 Å². The zero-order valence-electron chi connectivity index (χ0n) is 25.1. The molecule has 216 valence electrons. The van der Waals surface area contributed by atoms with Gasteiger partial charge in [-0.05, 0) is 98.4 Å². The Morgan fingerprint density at radius 1 is 0.348 bits per heavy atom. The molecule has 9 aromatic rings. The van der Waals surface area contributed by atoms with Gasteiger partial charge >= 0.3 is 0 Å². The first-order valence-corrected chi connectivity index (χ1v) is 15.7. The lowest BCUT2D eigenvalue weighted by molar-refractivity contribution is 0.669. The summed E-state index contributed by atoms with van der Waals surface area (Å²) >= 11 is 0. The average molecular weight is 588 g/mol. The van der Waals surface area contributed by atoms with Crippen LogP contribution in [0.15, 0.2) is 180 Å². The lowest BCUT2D eigenvalue weighted by Crippen LogP contribution is -2.10. The fourth-order valence-electron chi connectivity index (χ4n) is 6.71. The molecule has 9 rings (SSSR count). The molecule has 0 fully saturated rings. The third kappa shape index (κ3) is 4.51. The van der Waals surface area contributed by atoms with Crippen LogP contribution >= 0.6 is 0 Å². The maximum absolute atomic E-state index is 6.31. The molecular weight excluding hydrogens is 558 g/mol. The number of para-hydroxylation sites is 1. The van der Waals surface area contributed by atoms with Gasteiger partial charge in [0.05, 0.1) is 11.1 Å². The number of nitrogens with zero attached hydrogens (tertiary/aromatic N) is 1. The Bertz CT molecular complexity index is 2400. The van der Waals surface area contributed by atoms with E-state index in [4.69, 9.17) is 4.42 Å². The van der Waals surface area contributed by atoms with E-state index < -0.39 is 0 Å². The van der Waals surface area contributed by atoms with Gasteiger partial charge in [0, 0.05) is 16.8 Å². The van der Waals surface area contributed by atoms with Crippen molar-refractivity contribution < 1.29 is 4.42 Å². The zero-order valence-corrected chi connectivity index (χ0v) is 25.1. The van der Waals surface area contributed by atoms with Crippen molar-refractivity contribution in [3.8, 4) is 22.3 Å². The number of anilines is 3. The van der Waals surface area contributed by atoms with Crippen molar-refractivity contribution >= 4 is 60.5 Å². The van der Waals surface area contributed by atoms with Gasteiger partial charge in [0.2, 0.25) is 0 Å². The van der Waals surface area contributed by atoms with Crippen molar-refractivity contribution in [2.75, 3.05) is 4.90 Å². The molecule has 0 aliphatic rings. The molecule has 0 N–H and O–H groups in total. The minimum absolute atomic E-state index is 0.879. The Balaban J connectivity index is 1.17. The van der Waals surface area contributed by atoms with Crippen LogP contribution in [0.4, 0.5) is 17.1 Å². The second-order valence-electron chi connectivity index (χ2n) is 11.8. The van der Waals surface area contributed by atoms with E-state index in [0.717, 1.165) is 39.0 Å². The summed E-state index contributed by atoms with van der Waals surface area (Å²) < 4.78 is 6.31. The summed E-state index contributed by atoms with van der Waals surface area (Å²) in [7, 11) is 0. The molecule has 0 atom stereocenters. The highest BCUT2D eigenvalue weighted by Gasteiger charge is 2.19. The zero-order chi connectivity index (χ0) is 30.5. The number of fused-ring (bicyclic) bond motifs is 5. The second kappa shape index (κ2) is 10.8. The van der Waals surface area contributed by atoms with Gasteiger partial charge in [-0.1, -0.05) is 121 Å². The molecule has 0 aliphatic heterocycles. The highest BCUT2D eigenvalue weighted by atomic mass is 16.3. The van der Waals surface area contributed by atoms with E-state index in [9.17, 15) is 0 Å². The third-order valence-corrected chi connectivity index (χ3v) is 9.04. The molecule has 0 spiro atoms. The third-order valence-electron chi connectivity index (χ3n) is 9.04. The van der Waals surface area contributed by atoms with Crippen molar-refractivity contribution in [2.24, 2.45) is 0 Å². The largest absolute Gasteiger partial charge is 0.456 e. The molecule has 0 unspecified atom stereocenters. The van der Waals surface area contributed by atoms with E-state index in [0.29, 0.717) is 0 Å². The van der Waals surface area contributed by atoms with Crippen LogP contribution < -0.4 is 4.90 Å². The SMILES string of the molecule is c1ccc2cc(-c3ccc(N(c4ccc(-c5ccc6ccccc6c5)cc4)c4cccc5oc6ccccc6c45)cc3)ccc2c1. The van der Waals surface area contributed by atoms with Gasteiger partial charge in [-0.2, -0.15) is 0 Å². The van der Waals surface area contributed by atoms with Crippen LogP contribution in [0.5, 0.6) is 0 Å². The van der Waals surface area contributed by atoms with Crippen LogP contribution in [0.25, 0.3) is 65.7 Å². The second-order valence-corrected chi connectivity index (χ2v) is 11.8. The molecule has 2 heteroatoms. The normalized spacial score (nSPS) is 11.5. The van der Waals surface area contributed by atoms with Crippen molar-refractivity contribution in [1.82, 2.24) is 0 Å². The highest BCUT2D eigenvalue weighted by molar-refractivity contribution is 6.13. The number of furan rings is 1. The monoisotopic (exact) mass is 587 g/mol. The fraction of sp³-hybridized carbons (Fsp3) is 0. The summed E-state index contributed by atoms with van der Waals surface area (Å²) in [6.07, 6.45) is 0. The highest BCUT2D eigenvalue weighted by Crippen LogP contribution is 2.43. The van der Waals surface area contributed by atoms with Crippen LogP contribution in [0.1, 0.15) is 0 Å². The van der Waals surface area contributed by atoms with E-state index >= 15 is 0 Å². The first-order chi connectivity index (χ1) is 22.8. The minimum atomic E-state index is 0.879. The van der Waals surface area contributed by atoms with Crippen LogP contribution in [0.3, 0.4) is 0 Å². The van der Waals surface area contributed by atoms with Gasteiger partial charge < -0.3 is 9.32 Å². The molecule has 0 aliphatic carbocycles. The summed E-state index contributed by atoms with van der Waals surface area (Å²) in [5, 5.41) is 7.21. The molecule has 2 nitrogen and oxygen atoms in total. The van der Waals surface area contributed by atoms with Gasteiger partial charge in [-0.3, -0.25) is 0 Å². The molecule has 0 saturated heterocycles. The molecule has 46 heavy (non-hydrogen) atoms. The summed E-state index contributed by atoms with van der Waals surface area (Å²) in [5.41, 5.74) is 9.81. The number of hydrogen-bond acceptors (Lipinski definition) is 2. The Hall–Kier alpha value is -6.12. The molecule has 1 heterocycles. The molecule has 8 aromatic carbocycles. The topological polar surface area (TPSA) is 16.4 Å². The van der Waals surface area contributed by atoms with E-state index in [1.807, 2.05) is 12.1 Å². The van der Waals surface area contributed by atoms with Gasteiger partial charge in [-0.15, -0.1) is 0 Å². The van der Waals surface area contributed by atoms with Crippen molar-refractivity contribution in [1.29, 1.82) is 0 Å². The predicted octanol–water partition coefficient (Wildman–Crippen LogP) is 12.7. The molecular formula is C44H29NO. The van der Waals surface area contributed by atoms with E-state index in [-0.39, 0.29) is 0 Å². The minimum Gasteiger partial charge on any atom is -0.456 e. The maximum atomic E-state index is 6.31. The van der Waals surface area contributed by atoms with Gasteiger partial charge in [0.25, 0.3) is 0 Å². The van der Waals surface area contributed by atoms with Crippen LogP contribution in [0, 0.1) is 0 Å². The van der Waals surface area contributed by atoms with Crippen LogP contribution in [-0.4, -0.2) is 0 Å². The number of hydrogen-bond donors (Lipinski definition) is 0. The Morgan fingerprint density at radius 3 is 1.41 bits per heavy atom. The van der Waals surface area contributed by atoms with Gasteiger partial charge in [-0.25, -0.2) is 0 Å². The molecule has 1 aromatic heterocycles. The summed E-state index contributed by atoms with van der Waals surface area (Å²) in [5.74, 6) is 0.